The maximum absolute atomic E-state index is 11.8. The van der Waals surface area contributed by atoms with Gasteiger partial charge in [0.25, 0.3) is 0 Å². The van der Waals surface area contributed by atoms with Crippen molar-refractivity contribution in [3.8, 4) is 0 Å². The van der Waals surface area contributed by atoms with E-state index < -0.39 is 0 Å². The zero-order chi connectivity index (χ0) is 14.5. The molecule has 0 atom stereocenters. The van der Waals surface area contributed by atoms with E-state index >= 15 is 0 Å². The molecule has 102 valence electrons. The summed E-state index contributed by atoms with van der Waals surface area (Å²) in [5.41, 5.74) is 0.624. The molecule has 0 bridgehead atoms. The quantitative estimate of drug-likeness (QED) is 0.493. The number of carbonyl (C=O) groups is 1. The Morgan fingerprint density at radius 3 is 2.20 bits per heavy atom. The zero-order valence-electron chi connectivity index (χ0n) is 10.8. The fourth-order valence-electron chi connectivity index (χ4n) is 1.63. The molecule has 2 rings (SSSR count). The lowest BCUT2D eigenvalue weighted by molar-refractivity contribution is -0.112. The van der Waals surface area contributed by atoms with Crippen molar-refractivity contribution >= 4 is 34.9 Å². The molecule has 20 heavy (non-hydrogen) atoms. The van der Waals surface area contributed by atoms with Crippen LogP contribution < -0.4 is 0 Å². The van der Waals surface area contributed by atoms with Gasteiger partial charge in [0.15, 0.2) is 5.78 Å². The molecule has 0 spiro atoms. The summed E-state index contributed by atoms with van der Waals surface area (Å²) in [7, 11) is 0. The Bertz CT molecular complexity index is 633. The highest BCUT2D eigenvalue weighted by molar-refractivity contribution is 8.04. The molecule has 2 nitrogen and oxygen atoms in total. The van der Waals surface area contributed by atoms with Crippen LogP contribution in [-0.4, -0.2) is 10.9 Å². The van der Waals surface area contributed by atoms with Crippen molar-refractivity contribution in [2.45, 2.75) is 11.8 Å². The standard InChI is InChI=1S/C16H13ClO2S/c1-11(18)16(15(19)12-5-3-2-4-6-12)20-14-9-7-13(17)8-10-14/h2-10,19H,1H3. The van der Waals surface area contributed by atoms with Crippen LogP contribution in [-0.2, 0) is 4.79 Å². The Kier molecular flexibility index (Phi) is 4.88. The van der Waals surface area contributed by atoms with Crippen LogP contribution in [0.2, 0.25) is 5.02 Å². The third-order valence-electron chi connectivity index (χ3n) is 2.62. The fraction of sp³-hybridized carbons (Fsp3) is 0.0625. The molecule has 0 fully saturated rings. The van der Waals surface area contributed by atoms with Crippen molar-refractivity contribution in [1.29, 1.82) is 0 Å². The number of hydrogen-bond donors (Lipinski definition) is 1. The smallest absolute Gasteiger partial charge is 0.170 e. The summed E-state index contributed by atoms with van der Waals surface area (Å²) in [5, 5.41) is 10.9. The predicted molar refractivity (Wildman–Crippen MR) is 84.0 cm³/mol. The average Bonchev–Trinajstić information content (AvgIpc) is 2.46. The van der Waals surface area contributed by atoms with Crippen molar-refractivity contribution in [3.63, 3.8) is 0 Å². The highest BCUT2D eigenvalue weighted by Gasteiger charge is 2.14. The van der Waals surface area contributed by atoms with Crippen LogP contribution in [0, 0.1) is 0 Å². The van der Waals surface area contributed by atoms with Crippen LogP contribution in [0.15, 0.2) is 64.4 Å². The van der Waals surface area contributed by atoms with E-state index in [4.69, 9.17) is 11.6 Å². The van der Waals surface area contributed by atoms with Crippen LogP contribution >= 0.6 is 23.4 Å². The summed E-state index contributed by atoms with van der Waals surface area (Å²) < 4.78 is 0. The number of hydrogen-bond acceptors (Lipinski definition) is 3. The Balaban J connectivity index is 2.36. The van der Waals surface area contributed by atoms with Crippen LogP contribution in [0.5, 0.6) is 0 Å². The number of allylic oxidation sites excluding steroid dienone is 1. The van der Waals surface area contributed by atoms with E-state index in [1.54, 1.807) is 24.3 Å². The van der Waals surface area contributed by atoms with Gasteiger partial charge in [0.2, 0.25) is 0 Å². The number of aliphatic hydroxyl groups excluding tert-OH is 1. The molecule has 1 N–H and O–H groups in total. The van der Waals surface area contributed by atoms with Gasteiger partial charge in [-0.3, -0.25) is 4.79 Å². The first-order chi connectivity index (χ1) is 9.58. The molecule has 0 saturated heterocycles. The summed E-state index contributed by atoms with van der Waals surface area (Å²) >= 11 is 7.06. The Labute approximate surface area is 127 Å². The number of rotatable bonds is 4. The molecular weight excluding hydrogens is 292 g/mol. The van der Waals surface area contributed by atoms with Gasteiger partial charge in [0, 0.05) is 15.5 Å². The molecule has 0 heterocycles. The zero-order valence-corrected chi connectivity index (χ0v) is 12.4. The lowest BCUT2D eigenvalue weighted by atomic mass is 10.1. The molecule has 0 aliphatic carbocycles. The molecule has 0 amide bonds. The Morgan fingerprint density at radius 2 is 1.65 bits per heavy atom. The first-order valence-electron chi connectivity index (χ1n) is 6.01. The van der Waals surface area contributed by atoms with Crippen molar-refractivity contribution in [2.24, 2.45) is 0 Å². The molecule has 2 aromatic carbocycles. The minimum Gasteiger partial charge on any atom is -0.506 e. The van der Waals surface area contributed by atoms with Crippen molar-refractivity contribution < 1.29 is 9.90 Å². The van der Waals surface area contributed by atoms with Gasteiger partial charge in [-0.25, -0.2) is 0 Å². The molecule has 4 heteroatoms. The second-order valence-corrected chi connectivity index (χ2v) is 5.68. The van der Waals surface area contributed by atoms with Gasteiger partial charge in [-0.15, -0.1) is 0 Å². The van der Waals surface area contributed by atoms with Gasteiger partial charge in [0.05, 0.1) is 4.91 Å². The lowest BCUT2D eigenvalue weighted by Crippen LogP contribution is -1.98. The van der Waals surface area contributed by atoms with Crippen LogP contribution in [0.25, 0.3) is 5.76 Å². The highest BCUT2D eigenvalue weighted by Crippen LogP contribution is 2.32. The summed E-state index contributed by atoms with van der Waals surface area (Å²) in [4.78, 5) is 12.9. The molecule has 0 aliphatic heterocycles. The van der Waals surface area contributed by atoms with Gasteiger partial charge in [-0.1, -0.05) is 53.7 Å². The Morgan fingerprint density at radius 1 is 1.05 bits per heavy atom. The second kappa shape index (κ2) is 6.64. The summed E-state index contributed by atoms with van der Waals surface area (Å²) in [6, 6.07) is 16.1. The van der Waals surface area contributed by atoms with E-state index in [2.05, 4.69) is 0 Å². The molecule has 0 aliphatic rings. The largest absolute Gasteiger partial charge is 0.506 e. The van der Waals surface area contributed by atoms with Gasteiger partial charge in [0.1, 0.15) is 5.76 Å². The summed E-state index contributed by atoms with van der Waals surface area (Å²) in [6.45, 7) is 1.44. The van der Waals surface area contributed by atoms with Crippen molar-refractivity contribution in [1.82, 2.24) is 0 Å². The van der Waals surface area contributed by atoms with E-state index in [9.17, 15) is 9.90 Å². The van der Waals surface area contributed by atoms with Crippen LogP contribution in [0.3, 0.4) is 0 Å². The minimum atomic E-state index is -0.175. The SMILES string of the molecule is CC(=O)C(Sc1ccc(Cl)cc1)=C(O)c1ccccc1. The van der Waals surface area contributed by atoms with E-state index in [0.29, 0.717) is 15.5 Å². The molecule has 0 unspecified atom stereocenters. The average molecular weight is 305 g/mol. The number of Topliss-reactive ketones (excluding diaryl/α,β-unsaturated/α-hetero) is 1. The fourth-order valence-corrected chi connectivity index (χ4v) is 2.63. The Hall–Kier alpha value is -1.71. The number of thioether (sulfide) groups is 1. The van der Waals surface area contributed by atoms with Gasteiger partial charge < -0.3 is 5.11 Å². The lowest BCUT2D eigenvalue weighted by Gasteiger charge is -2.08. The number of halogens is 1. The maximum atomic E-state index is 11.8. The first-order valence-corrected chi connectivity index (χ1v) is 7.20. The van der Waals surface area contributed by atoms with Gasteiger partial charge in [-0.2, -0.15) is 0 Å². The van der Waals surface area contributed by atoms with E-state index in [-0.39, 0.29) is 11.5 Å². The molecule has 0 aromatic heterocycles. The number of carbonyl (C=O) groups excluding carboxylic acids is 1. The van der Waals surface area contributed by atoms with Crippen molar-refractivity contribution in [2.75, 3.05) is 0 Å². The number of ketones is 1. The number of aliphatic hydroxyl groups is 1. The molecular formula is C16H13ClO2S. The van der Waals surface area contributed by atoms with E-state index in [1.165, 1.54) is 18.7 Å². The van der Waals surface area contributed by atoms with Gasteiger partial charge in [-0.05, 0) is 31.2 Å². The first kappa shape index (κ1) is 14.7. The highest BCUT2D eigenvalue weighted by atomic mass is 35.5. The third-order valence-corrected chi connectivity index (χ3v) is 4.06. The van der Waals surface area contributed by atoms with E-state index in [0.717, 1.165) is 4.90 Å². The van der Waals surface area contributed by atoms with Crippen LogP contribution in [0.1, 0.15) is 12.5 Å². The van der Waals surface area contributed by atoms with Crippen molar-refractivity contribution in [3.05, 3.63) is 70.1 Å². The predicted octanol–water partition coefficient (Wildman–Crippen LogP) is 4.95. The second-order valence-electron chi connectivity index (χ2n) is 4.16. The molecule has 0 radical (unpaired) electrons. The summed E-state index contributed by atoms with van der Waals surface area (Å²) in [5.74, 6) is -0.177. The molecule has 2 aromatic rings. The maximum Gasteiger partial charge on any atom is 0.170 e. The van der Waals surface area contributed by atoms with Gasteiger partial charge >= 0.3 is 0 Å². The topological polar surface area (TPSA) is 37.3 Å². The monoisotopic (exact) mass is 304 g/mol. The normalized spacial score (nSPS) is 11.9. The third kappa shape index (κ3) is 3.65. The molecule has 0 saturated carbocycles. The minimum absolute atomic E-state index is 0.00181. The number of benzene rings is 2. The van der Waals surface area contributed by atoms with Crippen LogP contribution in [0.4, 0.5) is 0 Å². The van der Waals surface area contributed by atoms with E-state index in [1.807, 2.05) is 30.3 Å². The summed E-state index contributed by atoms with van der Waals surface area (Å²) in [6.07, 6.45) is 0.